The highest BCUT2D eigenvalue weighted by Crippen LogP contribution is 2.08. The molecule has 2 aliphatic rings. The highest BCUT2D eigenvalue weighted by molar-refractivity contribution is 5.25. The molecule has 2 aliphatic carbocycles. The zero-order chi connectivity index (χ0) is 38.1. The molecule has 0 aliphatic heterocycles. The van der Waals surface area contributed by atoms with Gasteiger partial charge in [0, 0.05) is 0 Å². The lowest BCUT2D eigenvalue weighted by Gasteiger charge is -2.00. The van der Waals surface area contributed by atoms with Gasteiger partial charge in [-0.25, -0.2) is 0 Å². The Bertz CT molecular complexity index is 1030. The van der Waals surface area contributed by atoms with Gasteiger partial charge in [-0.3, -0.25) is 0 Å². The molecule has 55 heavy (non-hydrogen) atoms. The van der Waals surface area contributed by atoms with Crippen molar-refractivity contribution in [2.45, 2.75) is 160 Å². The maximum Gasteiger partial charge on any atom is -0.00258 e. The number of aryl methyl sites for hydroxylation is 1. The van der Waals surface area contributed by atoms with Gasteiger partial charge in [0.25, 0.3) is 0 Å². The molecule has 0 atom stereocenters. The second-order valence-corrected chi connectivity index (χ2v) is 8.33. The third kappa shape index (κ3) is 65.2. The Balaban J connectivity index is -0.0000000459. The van der Waals surface area contributed by atoms with Gasteiger partial charge in [-0.1, -0.05) is 311 Å². The van der Waals surface area contributed by atoms with E-state index in [1.54, 1.807) is 0 Å². The molecule has 0 saturated heterocycles. The summed E-state index contributed by atoms with van der Waals surface area (Å²) in [6.07, 6.45) is 21.2. The number of hydrogen-bond donors (Lipinski definition) is 0. The van der Waals surface area contributed by atoms with Gasteiger partial charge in [0.1, 0.15) is 0 Å². The first-order chi connectivity index (χ1) is 24.4. The first-order valence-electron chi connectivity index (χ1n) is 19.1. The van der Waals surface area contributed by atoms with E-state index in [4.69, 9.17) is 0 Å². The van der Waals surface area contributed by atoms with Crippen LogP contribution in [0.15, 0.2) is 176 Å². The van der Waals surface area contributed by atoms with Gasteiger partial charge in [-0.2, -0.15) is 0 Å². The normalized spacial score (nSPS) is 8.38. The predicted octanol–water partition coefficient (Wildman–Crippen LogP) is 20.2. The van der Waals surface area contributed by atoms with Crippen molar-refractivity contribution in [1.82, 2.24) is 0 Å². The quantitative estimate of drug-likeness (QED) is 0.195. The van der Waals surface area contributed by atoms with Gasteiger partial charge in [0.15, 0.2) is 0 Å². The maximum absolute atomic E-state index is 2.16. The molecule has 0 N–H and O–H groups in total. The predicted molar refractivity (Wildman–Crippen MR) is 272 cm³/mol. The number of allylic oxidation sites excluding steroid dienone is 8. The molecule has 0 nitrogen and oxygen atoms in total. The van der Waals surface area contributed by atoms with Crippen LogP contribution in [-0.4, -0.2) is 0 Å². The van der Waals surface area contributed by atoms with Gasteiger partial charge < -0.3 is 0 Å². The highest BCUT2D eigenvalue weighted by Gasteiger charge is 1.92. The second kappa shape index (κ2) is 83.0. The van der Waals surface area contributed by atoms with E-state index in [0.29, 0.717) is 0 Å². The van der Waals surface area contributed by atoms with Crippen LogP contribution in [-0.2, 0) is 12.8 Å². The van der Waals surface area contributed by atoms with Gasteiger partial charge in [-0.15, -0.1) is 0 Å². The summed E-state index contributed by atoms with van der Waals surface area (Å²) in [6.45, 7) is 26.2. The number of hydrogen-bond acceptors (Lipinski definition) is 0. The molecule has 4 aromatic carbocycles. The Morgan fingerprint density at radius 1 is 0.291 bits per heavy atom. The minimum absolute atomic E-state index is 0. The first kappa shape index (κ1) is 79.6. The summed E-state index contributed by atoms with van der Waals surface area (Å²) in [7, 11) is 0. The van der Waals surface area contributed by atoms with Gasteiger partial charge in [0.05, 0.1) is 0 Å². The molecule has 0 amide bonds. The summed E-state index contributed by atoms with van der Waals surface area (Å²) in [5, 5.41) is 0. The molecule has 0 unspecified atom stereocenters. The molecule has 0 heteroatoms. The molecule has 320 valence electrons. The molecule has 0 bridgehead atoms. The van der Waals surface area contributed by atoms with Gasteiger partial charge in [-0.05, 0) is 42.4 Å². The molecular formula is C55H100. The molecule has 0 aromatic heterocycles. The smallest absolute Gasteiger partial charge is 0.00258 e. The molecule has 0 saturated carbocycles. The summed E-state index contributed by atoms with van der Waals surface area (Å²) in [6, 6.07) is 43.5. The Morgan fingerprint density at radius 3 is 0.618 bits per heavy atom. The Labute approximate surface area is 351 Å². The molecule has 0 heterocycles. The Hall–Kier alpha value is -4.16. The molecule has 0 spiro atoms. The first-order valence-corrected chi connectivity index (χ1v) is 19.1. The average molecular weight is 761 g/mol. The van der Waals surface area contributed by atoms with Gasteiger partial charge >= 0.3 is 0 Å². The fourth-order valence-corrected chi connectivity index (χ4v) is 3.31. The topological polar surface area (TPSA) is 0 Å². The zero-order valence-corrected chi connectivity index (χ0v) is 34.1. The van der Waals surface area contributed by atoms with Crippen LogP contribution < -0.4 is 0 Å². The van der Waals surface area contributed by atoms with Crippen molar-refractivity contribution in [3.8, 4) is 0 Å². The van der Waals surface area contributed by atoms with E-state index in [1.165, 1.54) is 16.7 Å². The number of benzene rings is 4. The molecule has 0 fully saturated rings. The third-order valence-electron chi connectivity index (χ3n) is 5.32. The molecule has 6 rings (SSSR count). The van der Waals surface area contributed by atoms with Crippen LogP contribution in [0.1, 0.15) is 164 Å². The van der Waals surface area contributed by atoms with E-state index in [1.807, 2.05) is 126 Å². The largest absolute Gasteiger partial charge is 0.0808 e. The monoisotopic (exact) mass is 761 g/mol. The van der Waals surface area contributed by atoms with E-state index in [0.717, 1.165) is 25.7 Å². The van der Waals surface area contributed by atoms with Crippen LogP contribution in [0.2, 0.25) is 0 Å². The minimum Gasteiger partial charge on any atom is -0.0808 e. The lowest BCUT2D eigenvalue weighted by Crippen LogP contribution is -1.85. The van der Waals surface area contributed by atoms with E-state index in [-0.39, 0.29) is 44.6 Å². The third-order valence-corrected chi connectivity index (χ3v) is 5.32. The van der Waals surface area contributed by atoms with Crippen molar-refractivity contribution in [1.29, 1.82) is 0 Å². The van der Waals surface area contributed by atoms with E-state index in [9.17, 15) is 0 Å². The molecular weight excluding hydrogens is 661 g/mol. The van der Waals surface area contributed by atoms with Crippen molar-refractivity contribution in [2.24, 2.45) is 0 Å². The lowest BCUT2D eigenvalue weighted by molar-refractivity contribution is 1.14. The van der Waals surface area contributed by atoms with Crippen LogP contribution in [0, 0.1) is 0 Å². The van der Waals surface area contributed by atoms with Crippen molar-refractivity contribution in [3.05, 3.63) is 193 Å². The van der Waals surface area contributed by atoms with E-state index >= 15 is 0 Å². The summed E-state index contributed by atoms with van der Waals surface area (Å²) >= 11 is 0. The average Bonchev–Trinajstić information content (AvgIpc) is 4.03. The fraction of sp³-hybridized carbons (Fsp3) is 0.418. The molecule has 0 radical (unpaired) electrons. The highest BCUT2D eigenvalue weighted by atomic mass is 14.0. The number of rotatable bonds is 3. The fourth-order valence-electron chi connectivity index (χ4n) is 3.31. The summed E-state index contributed by atoms with van der Waals surface area (Å²) < 4.78 is 0. The maximum atomic E-state index is 2.16. The summed E-state index contributed by atoms with van der Waals surface area (Å²) in [5.41, 5.74) is 4.15. The standard InChI is InChI=1S/C13H12.C8H10.C6H6.2C5H6.6C2H6.6CH4/c1-3-7-12(8-4-1)11-13-9-5-2-6-10-13;1-2-8-6-4-3-5-7-8;1-2-4-6-5-3-1;2*1-2-4-5-3-1;6*1-2;;;;;;/h1-10H,11H2;3-7H,2H2,1H3;1-6H;2*1-4H,5H2;6*1-2H3;6*1H4. The van der Waals surface area contributed by atoms with E-state index < -0.39 is 0 Å². The minimum atomic E-state index is 0. The van der Waals surface area contributed by atoms with Crippen LogP contribution in [0.4, 0.5) is 0 Å². The lowest BCUT2D eigenvalue weighted by atomic mass is 10.1. The zero-order valence-electron chi connectivity index (χ0n) is 34.1. The van der Waals surface area contributed by atoms with Crippen LogP contribution >= 0.6 is 0 Å². The Kier molecular flexibility index (Phi) is 120. The van der Waals surface area contributed by atoms with Crippen LogP contribution in [0.25, 0.3) is 0 Å². The summed E-state index contributed by atoms with van der Waals surface area (Å²) in [5.74, 6) is 0. The summed E-state index contributed by atoms with van der Waals surface area (Å²) in [4.78, 5) is 0. The van der Waals surface area contributed by atoms with E-state index in [2.05, 4.69) is 140 Å². The SMILES string of the molecule is C.C.C.C.C.C.C1=CCC=C1.C1=CCC=C1.CC.CC.CC.CC.CC.CC.CCc1ccccc1.c1ccc(Cc2ccccc2)cc1.c1ccccc1. The molecule has 4 aromatic rings. The van der Waals surface area contributed by atoms with Crippen LogP contribution in [0.5, 0.6) is 0 Å². The second-order valence-electron chi connectivity index (χ2n) is 8.33. The van der Waals surface area contributed by atoms with Crippen molar-refractivity contribution >= 4 is 0 Å². The van der Waals surface area contributed by atoms with Crippen LogP contribution in [0.3, 0.4) is 0 Å². The van der Waals surface area contributed by atoms with Crippen molar-refractivity contribution in [2.75, 3.05) is 0 Å². The van der Waals surface area contributed by atoms with Crippen molar-refractivity contribution in [3.63, 3.8) is 0 Å². The van der Waals surface area contributed by atoms with Gasteiger partial charge in [0.2, 0.25) is 0 Å². The van der Waals surface area contributed by atoms with Crippen molar-refractivity contribution < 1.29 is 0 Å². The Morgan fingerprint density at radius 2 is 0.473 bits per heavy atom.